The van der Waals surface area contributed by atoms with E-state index in [1.165, 1.54) is 25.3 Å². The van der Waals surface area contributed by atoms with Crippen molar-refractivity contribution in [2.75, 3.05) is 24.6 Å². The Bertz CT molecular complexity index is 1560. The molecule has 222 valence electrons. The Morgan fingerprint density at radius 2 is 1.86 bits per heavy atom. The van der Waals surface area contributed by atoms with E-state index in [-0.39, 0.29) is 12.3 Å². The van der Waals surface area contributed by atoms with Crippen LogP contribution in [0.3, 0.4) is 0 Å². The van der Waals surface area contributed by atoms with Crippen LogP contribution in [0.1, 0.15) is 48.2 Å². The lowest BCUT2D eigenvalue weighted by Crippen LogP contribution is -2.35. The zero-order valence-electron chi connectivity index (χ0n) is 24.5. The molecule has 0 bridgehead atoms. The molecule has 8 nitrogen and oxygen atoms in total. The maximum atomic E-state index is 14.9. The van der Waals surface area contributed by atoms with Crippen molar-refractivity contribution in [2.24, 2.45) is 17.8 Å². The SMILES string of the molecule is Cc1cnc(N2CCC([C@H]3C[C@H]3CCOc3ccc(CC(=O)N4Cc5nc(-c6ccccc6)[nH]c5C4)c(F)c3)CC2)nc1. The van der Waals surface area contributed by atoms with Gasteiger partial charge in [0.15, 0.2) is 0 Å². The summed E-state index contributed by atoms with van der Waals surface area (Å²) < 4.78 is 20.9. The minimum Gasteiger partial charge on any atom is -0.493 e. The van der Waals surface area contributed by atoms with Crippen molar-refractivity contribution in [2.45, 2.75) is 52.1 Å². The zero-order valence-corrected chi connectivity index (χ0v) is 24.5. The van der Waals surface area contributed by atoms with Gasteiger partial charge in [-0.2, -0.15) is 0 Å². The van der Waals surface area contributed by atoms with Crippen LogP contribution < -0.4 is 9.64 Å². The molecule has 0 unspecified atom stereocenters. The van der Waals surface area contributed by atoms with Gasteiger partial charge in [-0.05, 0) is 67.6 Å². The molecule has 2 aromatic heterocycles. The van der Waals surface area contributed by atoms with Crippen molar-refractivity contribution in [1.82, 2.24) is 24.8 Å². The number of hydrogen-bond donors (Lipinski definition) is 1. The summed E-state index contributed by atoms with van der Waals surface area (Å²) in [7, 11) is 0. The number of nitrogens with zero attached hydrogens (tertiary/aromatic N) is 5. The highest BCUT2D eigenvalue weighted by Gasteiger charge is 2.43. The van der Waals surface area contributed by atoms with Crippen molar-refractivity contribution >= 4 is 11.9 Å². The summed E-state index contributed by atoms with van der Waals surface area (Å²) in [5.74, 6) is 3.86. The Kier molecular flexibility index (Phi) is 7.55. The van der Waals surface area contributed by atoms with Crippen molar-refractivity contribution in [3.63, 3.8) is 0 Å². The number of aromatic nitrogens is 4. The van der Waals surface area contributed by atoms with Crippen LogP contribution in [-0.4, -0.2) is 50.4 Å². The second-order valence-corrected chi connectivity index (χ2v) is 12.2. The quantitative estimate of drug-likeness (QED) is 0.273. The number of halogens is 1. The monoisotopic (exact) mass is 580 g/mol. The number of hydrogen-bond acceptors (Lipinski definition) is 6. The summed E-state index contributed by atoms with van der Waals surface area (Å²) in [6.45, 7) is 5.51. The number of anilines is 1. The topological polar surface area (TPSA) is 87.2 Å². The molecular weight excluding hydrogens is 543 g/mol. The van der Waals surface area contributed by atoms with Gasteiger partial charge >= 0.3 is 0 Å². The molecule has 2 aromatic carbocycles. The highest BCUT2D eigenvalue weighted by atomic mass is 19.1. The normalized spacial score (nSPS) is 19.9. The fourth-order valence-electron chi connectivity index (χ4n) is 6.66. The molecule has 1 saturated heterocycles. The largest absolute Gasteiger partial charge is 0.493 e. The fourth-order valence-corrected chi connectivity index (χ4v) is 6.66. The van der Waals surface area contributed by atoms with Crippen LogP contribution in [0.25, 0.3) is 11.4 Å². The van der Waals surface area contributed by atoms with Gasteiger partial charge in [-0.15, -0.1) is 0 Å². The van der Waals surface area contributed by atoms with Crippen molar-refractivity contribution < 1.29 is 13.9 Å². The van der Waals surface area contributed by atoms with Crippen LogP contribution in [0.4, 0.5) is 10.3 Å². The van der Waals surface area contributed by atoms with E-state index < -0.39 is 5.82 Å². The van der Waals surface area contributed by atoms with Crippen LogP contribution in [0.5, 0.6) is 5.75 Å². The Morgan fingerprint density at radius 3 is 2.60 bits per heavy atom. The second-order valence-electron chi connectivity index (χ2n) is 12.2. The van der Waals surface area contributed by atoms with E-state index in [1.807, 2.05) is 49.6 Å². The van der Waals surface area contributed by atoms with Crippen LogP contribution in [-0.2, 0) is 24.3 Å². The van der Waals surface area contributed by atoms with Gasteiger partial charge in [0.2, 0.25) is 11.9 Å². The maximum absolute atomic E-state index is 14.9. The van der Waals surface area contributed by atoms with Crippen LogP contribution >= 0.6 is 0 Å². The number of benzene rings is 2. The number of ether oxygens (including phenoxy) is 1. The molecule has 1 amide bonds. The Labute approximate surface area is 251 Å². The minimum absolute atomic E-state index is 0.0144. The molecule has 43 heavy (non-hydrogen) atoms. The van der Waals surface area contributed by atoms with Gasteiger partial charge in [-0.3, -0.25) is 4.79 Å². The molecule has 2 atom stereocenters. The highest BCUT2D eigenvalue weighted by Crippen LogP contribution is 2.49. The summed E-state index contributed by atoms with van der Waals surface area (Å²) in [5.41, 5.74) is 4.30. The molecule has 3 aliphatic rings. The third-order valence-electron chi connectivity index (χ3n) is 9.25. The molecule has 4 aromatic rings. The molecule has 7 rings (SSSR count). The van der Waals surface area contributed by atoms with Crippen molar-refractivity contribution in [3.05, 3.63) is 89.3 Å². The number of rotatable bonds is 9. The fraction of sp³-hybridized carbons (Fsp3) is 0.412. The van der Waals surface area contributed by atoms with Gasteiger partial charge in [-0.25, -0.2) is 19.3 Å². The molecule has 9 heteroatoms. The van der Waals surface area contributed by atoms with Gasteiger partial charge in [0, 0.05) is 37.1 Å². The van der Waals surface area contributed by atoms with Gasteiger partial charge in [0.05, 0.1) is 37.5 Å². The van der Waals surface area contributed by atoms with E-state index in [2.05, 4.69) is 24.8 Å². The third kappa shape index (κ3) is 6.12. The number of carbonyl (C=O) groups is 1. The first kappa shape index (κ1) is 27.6. The predicted molar refractivity (Wildman–Crippen MR) is 162 cm³/mol. The summed E-state index contributed by atoms with van der Waals surface area (Å²) >= 11 is 0. The smallest absolute Gasteiger partial charge is 0.227 e. The lowest BCUT2D eigenvalue weighted by Gasteiger charge is -2.32. The van der Waals surface area contributed by atoms with Gasteiger partial charge in [0.1, 0.15) is 17.4 Å². The van der Waals surface area contributed by atoms with Crippen LogP contribution in [0, 0.1) is 30.5 Å². The van der Waals surface area contributed by atoms with E-state index in [1.54, 1.807) is 17.0 Å². The molecule has 1 saturated carbocycles. The zero-order chi connectivity index (χ0) is 29.3. The standard InChI is InChI=1S/C34H37FN6O2/c1-22-18-36-34(37-19-22)40-12-9-23(10-13-40)28-15-25(28)11-14-43-27-8-7-26(29(35)17-27)16-32(42)41-20-30-31(21-41)39-33(38-30)24-5-3-2-4-6-24/h2-8,17-19,23,25,28H,9-16,20-21H2,1H3,(H,38,39)/t25-,28-/m1/s1. The van der Waals surface area contributed by atoms with Crippen molar-refractivity contribution in [3.8, 4) is 17.1 Å². The van der Waals surface area contributed by atoms with E-state index in [0.717, 1.165) is 65.6 Å². The number of fused-ring (bicyclic) bond motifs is 1. The Balaban J connectivity index is 0.840. The maximum Gasteiger partial charge on any atom is 0.227 e. The summed E-state index contributed by atoms with van der Waals surface area (Å²) in [4.78, 5) is 34.0. The number of piperidine rings is 1. The van der Waals surface area contributed by atoms with Gasteiger partial charge < -0.3 is 19.5 Å². The number of H-pyrrole nitrogens is 1. The highest BCUT2D eigenvalue weighted by molar-refractivity contribution is 5.79. The number of imidazole rings is 1. The van der Waals surface area contributed by atoms with E-state index in [0.29, 0.717) is 36.9 Å². The first-order valence-electron chi connectivity index (χ1n) is 15.4. The summed E-state index contributed by atoms with van der Waals surface area (Å²) in [6.07, 6.45) is 8.39. The molecular formula is C34H37FN6O2. The van der Waals surface area contributed by atoms with E-state index in [9.17, 15) is 9.18 Å². The predicted octanol–water partition coefficient (Wildman–Crippen LogP) is 5.72. The van der Waals surface area contributed by atoms with Crippen LogP contribution in [0.2, 0.25) is 0 Å². The minimum atomic E-state index is -0.401. The Hall–Kier alpha value is -4.27. The first-order chi connectivity index (χ1) is 21.0. The average molecular weight is 581 g/mol. The number of aromatic amines is 1. The van der Waals surface area contributed by atoms with Gasteiger partial charge in [-0.1, -0.05) is 36.4 Å². The number of amides is 1. The molecule has 4 heterocycles. The number of nitrogens with one attached hydrogen (secondary N) is 1. The molecule has 1 N–H and O–H groups in total. The summed E-state index contributed by atoms with van der Waals surface area (Å²) in [5, 5.41) is 0. The van der Waals surface area contributed by atoms with E-state index >= 15 is 0 Å². The summed E-state index contributed by atoms with van der Waals surface area (Å²) in [6, 6.07) is 14.8. The molecule has 0 radical (unpaired) electrons. The molecule has 2 aliphatic heterocycles. The average Bonchev–Trinajstić information content (AvgIpc) is 3.51. The first-order valence-corrected chi connectivity index (χ1v) is 15.4. The van der Waals surface area contributed by atoms with Crippen molar-refractivity contribution in [1.29, 1.82) is 0 Å². The number of carbonyl (C=O) groups excluding carboxylic acids is 1. The Morgan fingerprint density at radius 1 is 1.07 bits per heavy atom. The van der Waals surface area contributed by atoms with Gasteiger partial charge in [0.25, 0.3) is 0 Å². The second kappa shape index (κ2) is 11.8. The van der Waals surface area contributed by atoms with E-state index in [4.69, 9.17) is 4.74 Å². The lowest BCUT2D eigenvalue weighted by molar-refractivity contribution is -0.131. The van der Waals surface area contributed by atoms with Crippen LogP contribution in [0.15, 0.2) is 60.9 Å². The third-order valence-corrected chi connectivity index (χ3v) is 9.25. The molecule has 2 fully saturated rings. The molecule has 0 spiro atoms. The molecule has 1 aliphatic carbocycles. The lowest BCUT2D eigenvalue weighted by atomic mass is 9.90. The number of aryl methyl sites for hydroxylation is 1.